The van der Waals surface area contributed by atoms with E-state index in [1.54, 1.807) is 0 Å². The number of rotatable bonds is 4. The summed E-state index contributed by atoms with van der Waals surface area (Å²) in [5.41, 5.74) is 1.19. The number of nitrogens with zero attached hydrogens (tertiary/aromatic N) is 1. The molecule has 2 rings (SSSR count). The summed E-state index contributed by atoms with van der Waals surface area (Å²) in [6, 6.07) is 12.3. The van der Waals surface area contributed by atoms with Crippen LogP contribution in [0, 0.1) is 0 Å². The van der Waals surface area contributed by atoms with Gasteiger partial charge in [-0.2, -0.15) is 5.10 Å². The van der Waals surface area contributed by atoms with Crippen molar-refractivity contribution in [2.75, 3.05) is 0 Å². The van der Waals surface area contributed by atoms with Crippen molar-refractivity contribution in [3.05, 3.63) is 64.1 Å². The highest BCUT2D eigenvalue weighted by atomic mass is 16.5. The second-order valence-corrected chi connectivity index (χ2v) is 3.83. The molecule has 0 fully saturated rings. The number of carbonyl (C=O) groups is 1. The highest BCUT2D eigenvalue weighted by molar-refractivity contribution is 5.67. The summed E-state index contributed by atoms with van der Waals surface area (Å²) in [6.07, 6.45) is -0.531. The first kappa shape index (κ1) is 12.8. The predicted molar refractivity (Wildman–Crippen MR) is 68.3 cm³/mol. The average molecular weight is 259 g/mol. The molecule has 0 unspecified atom stereocenters. The third kappa shape index (κ3) is 4.27. The van der Waals surface area contributed by atoms with Crippen LogP contribution in [0.5, 0.6) is 0 Å². The molecule has 1 heterocycles. The average Bonchev–Trinajstić information content (AvgIpc) is 2.45. The zero-order chi connectivity index (χ0) is 13.5. The maximum atomic E-state index is 11.4. The molecule has 1 aromatic carbocycles. The second-order valence-electron chi connectivity index (χ2n) is 3.83. The molecular formula is C13H13N3O3. The van der Waals surface area contributed by atoms with E-state index in [-0.39, 0.29) is 18.7 Å². The van der Waals surface area contributed by atoms with Gasteiger partial charge in [0.2, 0.25) is 0 Å². The maximum Gasteiger partial charge on any atom is 0.407 e. The van der Waals surface area contributed by atoms with E-state index < -0.39 is 6.09 Å². The molecule has 1 amide bonds. The monoisotopic (exact) mass is 259 g/mol. The van der Waals surface area contributed by atoms with Crippen LogP contribution in [0.2, 0.25) is 0 Å². The van der Waals surface area contributed by atoms with Crippen LogP contribution in [0.25, 0.3) is 0 Å². The lowest BCUT2D eigenvalue weighted by Gasteiger charge is -2.06. The van der Waals surface area contributed by atoms with E-state index in [0.29, 0.717) is 5.69 Å². The number of aromatic amines is 1. The number of alkyl carbamates (subject to hydrolysis) is 1. The lowest BCUT2D eigenvalue weighted by Crippen LogP contribution is -2.24. The zero-order valence-corrected chi connectivity index (χ0v) is 10.1. The van der Waals surface area contributed by atoms with Gasteiger partial charge in [-0.05, 0) is 11.6 Å². The number of hydrogen-bond acceptors (Lipinski definition) is 4. The topological polar surface area (TPSA) is 84.1 Å². The molecule has 0 saturated heterocycles. The minimum Gasteiger partial charge on any atom is -0.445 e. The summed E-state index contributed by atoms with van der Waals surface area (Å²) in [5.74, 6) is 0. The van der Waals surface area contributed by atoms with Crippen LogP contribution in [0.1, 0.15) is 11.3 Å². The van der Waals surface area contributed by atoms with Crippen LogP contribution in [-0.4, -0.2) is 16.3 Å². The highest BCUT2D eigenvalue weighted by Crippen LogP contribution is 2.00. The van der Waals surface area contributed by atoms with Crippen LogP contribution in [0.3, 0.4) is 0 Å². The Bertz CT molecular complexity index is 575. The third-order valence-electron chi connectivity index (χ3n) is 2.36. The van der Waals surface area contributed by atoms with Gasteiger partial charge in [-0.25, -0.2) is 9.89 Å². The number of ether oxygens (including phenoxy) is 1. The number of H-pyrrole nitrogens is 1. The van der Waals surface area contributed by atoms with Gasteiger partial charge in [-0.15, -0.1) is 0 Å². The van der Waals surface area contributed by atoms with Gasteiger partial charge in [-0.1, -0.05) is 30.3 Å². The van der Waals surface area contributed by atoms with E-state index in [9.17, 15) is 9.59 Å². The molecule has 0 spiro atoms. The lowest BCUT2D eigenvalue weighted by atomic mass is 10.2. The first-order chi connectivity index (χ1) is 9.24. The van der Waals surface area contributed by atoms with E-state index in [1.165, 1.54) is 12.1 Å². The lowest BCUT2D eigenvalue weighted by molar-refractivity contribution is 0.139. The van der Waals surface area contributed by atoms with Crippen molar-refractivity contribution in [2.24, 2.45) is 0 Å². The molecule has 0 radical (unpaired) electrons. The van der Waals surface area contributed by atoms with Gasteiger partial charge in [-0.3, -0.25) is 4.79 Å². The van der Waals surface area contributed by atoms with Gasteiger partial charge in [0.05, 0.1) is 12.2 Å². The van der Waals surface area contributed by atoms with Gasteiger partial charge in [0.1, 0.15) is 6.61 Å². The number of carbonyl (C=O) groups excluding carboxylic acids is 1. The number of benzene rings is 1. The fourth-order valence-electron chi connectivity index (χ4n) is 1.41. The smallest absolute Gasteiger partial charge is 0.407 e. The zero-order valence-electron chi connectivity index (χ0n) is 10.1. The summed E-state index contributed by atoms with van der Waals surface area (Å²) in [5, 5.41) is 8.59. The Kier molecular flexibility index (Phi) is 4.28. The molecule has 0 bridgehead atoms. The SMILES string of the molecule is O=C(NCc1ccc(=O)[nH]n1)OCc1ccccc1. The third-order valence-corrected chi connectivity index (χ3v) is 2.36. The number of hydrogen-bond donors (Lipinski definition) is 2. The van der Waals surface area contributed by atoms with Gasteiger partial charge < -0.3 is 10.1 Å². The van der Waals surface area contributed by atoms with Crippen molar-refractivity contribution in [3.8, 4) is 0 Å². The molecule has 2 N–H and O–H groups in total. The largest absolute Gasteiger partial charge is 0.445 e. The van der Waals surface area contributed by atoms with Crippen molar-refractivity contribution < 1.29 is 9.53 Å². The van der Waals surface area contributed by atoms with Crippen LogP contribution in [-0.2, 0) is 17.9 Å². The van der Waals surface area contributed by atoms with Crippen molar-refractivity contribution >= 4 is 6.09 Å². The van der Waals surface area contributed by atoms with Gasteiger partial charge in [0.25, 0.3) is 5.56 Å². The quantitative estimate of drug-likeness (QED) is 0.864. The number of amides is 1. The van der Waals surface area contributed by atoms with E-state index >= 15 is 0 Å². The minimum absolute atomic E-state index is 0.199. The Hall–Kier alpha value is -2.63. The fraction of sp³-hybridized carbons (Fsp3) is 0.154. The predicted octanol–water partition coefficient (Wildman–Crippen LogP) is 1.20. The van der Waals surface area contributed by atoms with E-state index in [2.05, 4.69) is 15.5 Å². The first-order valence-corrected chi connectivity index (χ1v) is 5.73. The Morgan fingerprint density at radius 2 is 2.00 bits per heavy atom. The van der Waals surface area contributed by atoms with Crippen molar-refractivity contribution in [3.63, 3.8) is 0 Å². The Balaban J connectivity index is 1.76. The second kappa shape index (κ2) is 6.34. The summed E-state index contributed by atoms with van der Waals surface area (Å²) in [4.78, 5) is 22.2. The molecule has 0 aliphatic rings. The molecule has 6 heteroatoms. The summed E-state index contributed by atoms with van der Waals surface area (Å²) >= 11 is 0. The van der Waals surface area contributed by atoms with Gasteiger partial charge in [0, 0.05) is 6.07 Å². The van der Waals surface area contributed by atoms with Crippen LogP contribution < -0.4 is 10.9 Å². The fourth-order valence-corrected chi connectivity index (χ4v) is 1.41. The Morgan fingerprint density at radius 3 is 2.68 bits per heavy atom. The first-order valence-electron chi connectivity index (χ1n) is 5.73. The highest BCUT2D eigenvalue weighted by Gasteiger charge is 2.03. The van der Waals surface area contributed by atoms with Crippen molar-refractivity contribution in [1.82, 2.24) is 15.5 Å². The Labute approximate surface area is 109 Å². The molecule has 19 heavy (non-hydrogen) atoms. The van der Waals surface area contributed by atoms with Crippen LogP contribution in [0.4, 0.5) is 4.79 Å². The standard InChI is InChI=1S/C13H13N3O3/c17-12-7-6-11(15-16-12)8-14-13(18)19-9-10-4-2-1-3-5-10/h1-7H,8-9H2,(H,14,18)(H,16,17). The van der Waals surface area contributed by atoms with E-state index in [1.807, 2.05) is 30.3 Å². The van der Waals surface area contributed by atoms with Crippen molar-refractivity contribution in [1.29, 1.82) is 0 Å². The van der Waals surface area contributed by atoms with E-state index in [4.69, 9.17) is 4.74 Å². The van der Waals surface area contributed by atoms with Crippen LogP contribution >= 0.6 is 0 Å². The molecule has 0 aliphatic heterocycles. The number of aromatic nitrogens is 2. The van der Waals surface area contributed by atoms with Crippen LogP contribution in [0.15, 0.2) is 47.3 Å². The van der Waals surface area contributed by atoms with Gasteiger partial charge >= 0.3 is 6.09 Å². The molecular weight excluding hydrogens is 246 g/mol. The molecule has 0 atom stereocenters. The Morgan fingerprint density at radius 1 is 1.21 bits per heavy atom. The van der Waals surface area contributed by atoms with Gasteiger partial charge in [0.15, 0.2) is 0 Å². The summed E-state index contributed by atoms with van der Waals surface area (Å²) in [7, 11) is 0. The molecule has 0 aliphatic carbocycles. The molecule has 2 aromatic rings. The normalized spacial score (nSPS) is 9.89. The minimum atomic E-state index is -0.531. The van der Waals surface area contributed by atoms with Crippen molar-refractivity contribution in [2.45, 2.75) is 13.2 Å². The maximum absolute atomic E-state index is 11.4. The summed E-state index contributed by atoms with van der Waals surface area (Å²) < 4.78 is 5.02. The molecule has 0 saturated carbocycles. The molecule has 6 nitrogen and oxygen atoms in total. The number of nitrogens with one attached hydrogen (secondary N) is 2. The molecule has 1 aromatic heterocycles. The van der Waals surface area contributed by atoms with E-state index in [0.717, 1.165) is 5.56 Å². The molecule has 98 valence electrons. The summed E-state index contributed by atoms with van der Waals surface area (Å²) in [6.45, 7) is 0.413.